The zero-order valence-electron chi connectivity index (χ0n) is 17.1. The van der Waals surface area contributed by atoms with E-state index in [-0.39, 0.29) is 18.3 Å². The molecule has 3 N–H and O–H groups in total. The van der Waals surface area contributed by atoms with Crippen LogP contribution in [-0.2, 0) is 19.3 Å². The largest absolute Gasteiger partial charge is 0.492 e. The summed E-state index contributed by atoms with van der Waals surface area (Å²) in [4.78, 5) is 12.9. The Hall–Kier alpha value is -2.83. The number of nitrogens with one attached hydrogen (secondary N) is 1. The zero-order valence-corrected chi connectivity index (χ0v) is 17.9. The van der Waals surface area contributed by atoms with Crippen LogP contribution < -0.4 is 15.8 Å². The van der Waals surface area contributed by atoms with Crippen molar-refractivity contribution in [3.05, 3.63) is 71.0 Å². The molecular formula is C23H27ClN4O2. The van der Waals surface area contributed by atoms with Crippen LogP contribution in [0, 0.1) is 0 Å². The van der Waals surface area contributed by atoms with Crippen LogP contribution in [0.25, 0.3) is 5.69 Å². The molecular weight excluding hydrogens is 400 g/mol. The van der Waals surface area contributed by atoms with Crippen LogP contribution in [0.5, 0.6) is 5.75 Å². The molecule has 0 saturated heterocycles. The third-order valence-corrected chi connectivity index (χ3v) is 5.23. The molecule has 0 unspecified atom stereocenters. The summed E-state index contributed by atoms with van der Waals surface area (Å²) in [5.41, 5.74) is 11.2. The molecule has 0 radical (unpaired) electrons. The number of hydrogen-bond donors (Lipinski definition) is 2. The lowest BCUT2D eigenvalue weighted by molar-refractivity contribution is 0.102. The van der Waals surface area contributed by atoms with E-state index in [0.29, 0.717) is 24.5 Å². The summed E-state index contributed by atoms with van der Waals surface area (Å²) in [5, 5.41) is 7.64. The van der Waals surface area contributed by atoms with Gasteiger partial charge in [0.25, 0.3) is 5.91 Å². The van der Waals surface area contributed by atoms with Crippen LogP contribution in [-0.4, -0.2) is 28.8 Å². The van der Waals surface area contributed by atoms with E-state index in [9.17, 15) is 4.79 Å². The van der Waals surface area contributed by atoms with Crippen molar-refractivity contribution >= 4 is 24.0 Å². The minimum absolute atomic E-state index is 0. The maximum Gasteiger partial charge on any atom is 0.276 e. The van der Waals surface area contributed by atoms with Gasteiger partial charge in [0, 0.05) is 23.5 Å². The van der Waals surface area contributed by atoms with Crippen LogP contribution >= 0.6 is 12.4 Å². The number of amides is 1. The maximum absolute atomic E-state index is 12.9. The van der Waals surface area contributed by atoms with Gasteiger partial charge in [-0.2, -0.15) is 5.10 Å². The van der Waals surface area contributed by atoms with E-state index in [1.54, 1.807) is 0 Å². The Balaban J connectivity index is 0.00000256. The molecule has 1 aromatic heterocycles. The summed E-state index contributed by atoms with van der Waals surface area (Å²) < 4.78 is 7.41. The first-order valence-electron chi connectivity index (χ1n) is 10.1. The van der Waals surface area contributed by atoms with Crippen LogP contribution in [0.4, 0.5) is 5.69 Å². The average Bonchev–Trinajstić information content (AvgIpc) is 3.36. The molecule has 1 aliphatic rings. The second-order valence-corrected chi connectivity index (χ2v) is 7.17. The topological polar surface area (TPSA) is 82.2 Å². The molecule has 3 aromatic rings. The molecule has 0 fully saturated rings. The van der Waals surface area contributed by atoms with Gasteiger partial charge >= 0.3 is 0 Å². The second-order valence-electron chi connectivity index (χ2n) is 7.17. The fraction of sp³-hybridized carbons (Fsp3) is 0.304. The number of hydrogen-bond acceptors (Lipinski definition) is 4. The van der Waals surface area contributed by atoms with Gasteiger partial charge in [0.1, 0.15) is 12.4 Å². The first-order chi connectivity index (χ1) is 14.2. The number of anilines is 1. The van der Waals surface area contributed by atoms with Crippen LogP contribution in [0.15, 0.2) is 48.5 Å². The van der Waals surface area contributed by atoms with E-state index in [1.165, 1.54) is 5.56 Å². The van der Waals surface area contributed by atoms with Crippen molar-refractivity contribution in [3.8, 4) is 11.4 Å². The Morgan fingerprint density at radius 2 is 1.87 bits per heavy atom. The van der Waals surface area contributed by atoms with Gasteiger partial charge in [-0.1, -0.05) is 19.1 Å². The van der Waals surface area contributed by atoms with E-state index in [1.807, 2.05) is 28.9 Å². The Bertz CT molecular complexity index is 997. The molecule has 0 saturated carbocycles. The van der Waals surface area contributed by atoms with Crippen LogP contribution in [0.2, 0.25) is 0 Å². The molecule has 0 spiro atoms. The number of aromatic nitrogens is 2. The lowest BCUT2D eigenvalue weighted by Crippen LogP contribution is -2.15. The number of nitrogens with two attached hydrogens (primary N) is 1. The smallest absolute Gasteiger partial charge is 0.276 e. The molecule has 2 aromatic carbocycles. The average molecular weight is 427 g/mol. The summed E-state index contributed by atoms with van der Waals surface area (Å²) in [6, 6.07) is 15.7. The van der Waals surface area contributed by atoms with Crippen molar-refractivity contribution < 1.29 is 9.53 Å². The van der Waals surface area contributed by atoms with Gasteiger partial charge in [-0.05, 0) is 67.6 Å². The summed E-state index contributed by atoms with van der Waals surface area (Å²) in [6.07, 6.45) is 3.88. The highest BCUT2D eigenvalue weighted by molar-refractivity contribution is 6.04. The Morgan fingerprint density at radius 1 is 1.13 bits per heavy atom. The lowest BCUT2D eigenvalue weighted by atomic mass is 10.1. The maximum atomic E-state index is 12.9. The number of halogens is 1. The molecule has 158 valence electrons. The lowest BCUT2D eigenvalue weighted by Gasteiger charge is -2.08. The van der Waals surface area contributed by atoms with Gasteiger partial charge in [0.05, 0.1) is 5.69 Å². The van der Waals surface area contributed by atoms with E-state index in [0.717, 1.165) is 48.4 Å². The first kappa shape index (κ1) is 21.9. The molecule has 7 heteroatoms. The SMILES string of the molecule is CCc1ccc(-n2nc(C(=O)Nc3ccc(OCCN)cc3)c3c2CCC3)cc1.Cl. The summed E-state index contributed by atoms with van der Waals surface area (Å²) in [5.74, 6) is 0.553. The van der Waals surface area contributed by atoms with Crippen molar-refractivity contribution in [2.45, 2.75) is 32.6 Å². The predicted octanol–water partition coefficient (Wildman–Crippen LogP) is 3.94. The number of fused-ring (bicyclic) bond motifs is 1. The predicted molar refractivity (Wildman–Crippen MR) is 121 cm³/mol. The number of aryl methyl sites for hydroxylation is 1. The summed E-state index contributed by atoms with van der Waals surface area (Å²) in [7, 11) is 0. The highest BCUT2D eigenvalue weighted by Crippen LogP contribution is 2.28. The van der Waals surface area contributed by atoms with Gasteiger partial charge < -0.3 is 15.8 Å². The molecule has 4 rings (SSSR count). The van der Waals surface area contributed by atoms with Crippen LogP contribution in [0.1, 0.15) is 40.7 Å². The zero-order chi connectivity index (χ0) is 20.2. The van der Waals surface area contributed by atoms with E-state index in [2.05, 4.69) is 41.6 Å². The third kappa shape index (κ3) is 4.50. The normalized spacial score (nSPS) is 12.2. The molecule has 1 heterocycles. The highest BCUT2D eigenvalue weighted by atomic mass is 35.5. The Morgan fingerprint density at radius 3 is 2.53 bits per heavy atom. The van der Waals surface area contributed by atoms with Crippen molar-refractivity contribution in [1.82, 2.24) is 9.78 Å². The number of ether oxygens (including phenoxy) is 1. The van der Waals surface area contributed by atoms with E-state index in [4.69, 9.17) is 10.5 Å². The number of carbonyl (C=O) groups is 1. The third-order valence-electron chi connectivity index (χ3n) is 5.23. The molecule has 6 nitrogen and oxygen atoms in total. The quantitative estimate of drug-likeness (QED) is 0.599. The molecule has 0 aliphatic heterocycles. The minimum Gasteiger partial charge on any atom is -0.492 e. The van der Waals surface area contributed by atoms with Crippen molar-refractivity contribution in [2.24, 2.45) is 5.73 Å². The minimum atomic E-state index is -0.178. The van der Waals surface area contributed by atoms with Gasteiger partial charge in [0.2, 0.25) is 0 Å². The van der Waals surface area contributed by atoms with E-state index < -0.39 is 0 Å². The number of rotatable bonds is 7. The molecule has 30 heavy (non-hydrogen) atoms. The first-order valence-corrected chi connectivity index (χ1v) is 10.1. The number of benzene rings is 2. The number of nitrogens with zero attached hydrogens (tertiary/aromatic N) is 2. The fourth-order valence-corrected chi connectivity index (χ4v) is 3.71. The Labute approximate surface area is 182 Å². The van der Waals surface area contributed by atoms with Gasteiger partial charge in [-0.15, -0.1) is 12.4 Å². The van der Waals surface area contributed by atoms with Crippen molar-refractivity contribution in [2.75, 3.05) is 18.5 Å². The van der Waals surface area contributed by atoms with Crippen LogP contribution in [0.3, 0.4) is 0 Å². The van der Waals surface area contributed by atoms with Gasteiger partial charge in [0.15, 0.2) is 5.69 Å². The number of carbonyl (C=O) groups excluding carboxylic acids is 1. The Kier molecular flexibility index (Phi) is 7.13. The highest BCUT2D eigenvalue weighted by Gasteiger charge is 2.27. The van der Waals surface area contributed by atoms with Crippen molar-refractivity contribution in [1.29, 1.82) is 0 Å². The molecule has 0 bridgehead atoms. The van der Waals surface area contributed by atoms with Gasteiger partial charge in [-0.25, -0.2) is 4.68 Å². The fourth-order valence-electron chi connectivity index (χ4n) is 3.71. The molecule has 0 atom stereocenters. The molecule has 1 amide bonds. The standard InChI is InChI=1S/C23H26N4O2.ClH/c1-2-16-6-10-18(11-7-16)27-21-5-3-4-20(21)22(26-27)23(28)25-17-8-12-19(13-9-17)29-15-14-24;/h6-13H,2-5,14-15,24H2,1H3,(H,25,28);1H. The summed E-state index contributed by atoms with van der Waals surface area (Å²) in [6.45, 7) is 3.07. The monoisotopic (exact) mass is 426 g/mol. The van der Waals surface area contributed by atoms with Gasteiger partial charge in [-0.3, -0.25) is 4.79 Å². The van der Waals surface area contributed by atoms with E-state index >= 15 is 0 Å². The summed E-state index contributed by atoms with van der Waals surface area (Å²) >= 11 is 0. The molecule has 1 aliphatic carbocycles. The van der Waals surface area contributed by atoms with Crippen molar-refractivity contribution in [3.63, 3.8) is 0 Å². The second kappa shape index (κ2) is 9.78.